The average molecular weight is 180 g/mol. The summed E-state index contributed by atoms with van der Waals surface area (Å²) < 4.78 is 4.90. The number of para-hydroxylation sites is 1. The Hall–Kier alpha value is -1.22. The molecule has 0 radical (unpaired) electrons. The molecule has 0 spiro atoms. The summed E-state index contributed by atoms with van der Waals surface area (Å²) in [4.78, 5) is 11.2. The molecular weight excluding hydrogens is 172 g/mol. The molecule has 0 aliphatic heterocycles. The summed E-state index contributed by atoms with van der Waals surface area (Å²) >= 11 is 4.64. The van der Waals surface area contributed by atoms with Gasteiger partial charge in [-0.15, -0.1) is 0 Å². The Kier molecular flexibility index (Phi) is 2.94. The molecule has 1 aromatic carbocycles. The van der Waals surface area contributed by atoms with Crippen molar-refractivity contribution in [2.45, 2.75) is 6.92 Å². The summed E-state index contributed by atoms with van der Waals surface area (Å²) in [5.41, 5.74) is 0. The van der Waals surface area contributed by atoms with Crippen molar-refractivity contribution in [3.63, 3.8) is 0 Å². The van der Waals surface area contributed by atoms with Crippen molar-refractivity contribution in [1.29, 1.82) is 0 Å². The molecule has 0 aliphatic carbocycles. The topological polar surface area (TPSA) is 26.3 Å². The van der Waals surface area contributed by atoms with Crippen molar-refractivity contribution in [3.8, 4) is 5.75 Å². The average Bonchev–Trinajstić information content (AvgIpc) is 2.06. The molecule has 0 saturated heterocycles. The second-order valence-corrected chi connectivity index (χ2v) is 2.87. The molecule has 0 unspecified atom stereocenters. The highest BCUT2D eigenvalue weighted by atomic mass is 32.1. The smallest absolute Gasteiger partial charge is 0.350 e. The van der Waals surface area contributed by atoms with Crippen LogP contribution >= 0.6 is 12.2 Å². The van der Waals surface area contributed by atoms with E-state index in [2.05, 4.69) is 12.2 Å². The van der Waals surface area contributed by atoms with E-state index in [0.717, 1.165) is 0 Å². The predicted molar refractivity (Wildman–Crippen MR) is 50.3 cm³/mol. The Balaban J connectivity index is 2.65. The monoisotopic (exact) mass is 180 g/mol. The molecular formula is C9H8O2S. The first kappa shape index (κ1) is 8.87. The van der Waals surface area contributed by atoms with E-state index < -0.39 is 5.97 Å². The summed E-state index contributed by atoms with van der Waals surface area (Å²) in [5.74, 6) is 0.0582. The van der Waals surface area contributed by atoms with Gasteiger partial charge in [0.15, 0.2) is 0 Å². The van der Waals surface area contributed by atoms with Gasteiger partial charge in [-0.25, -0.2) is 4.79 Å². The molecule has 0 saturated carbocycles. The Labute approximate surface area is 76.2 Å². The third kappa shape index (κ3) is 2.43. The largest absolute Gasteiger partial charge is 0.423 e. The Morgan fingerprint density at radius 2 is 1.92 bits per heavy atom. The molecule has 2 nitrogen and oxygen atoms in total. The van der Waals surface area contributed by atoms with Gasteiger partial charge >= 0.3 is 5.97 Å². The van der Waals surface area contributed by atoms with Gasteiger partial charge in [0.25, 0.3) is 0 Å². The number of carbonyl (C=O) groups is 1. The van der Waals surface area contributed by atoms with Crippen molar-refractivity contribution in [1.82, 2.24) is 0 Å². The molecule has 0 aromatic heterocycles. The maximum atomic E-state index is 10.9. The Morgan fingerprint density at radius 1 is 1.33 bits per heavy atom. The minimum atomic E-state index is -0.462. The van der Waals surface area contributed by atoms with Gasteiger partial charge < -0.3 is 4.74 Å². The second-order valence-electron chi connectivity index (χ2n) is 2.26. The van der Waals surface area contributed by atoms with Crippen LogP contribution in [0.2, 0.25) is 0 Å². The predicted octanol–water partition coefficient (Wildman–Crippen LogP) is 1.98. The van der Waals surface area contributed by atoms with E-state index in [0.29, 0.717) is 5.75 Å². The van der Waals surface area contributed by atoms with Crippen molar-refractivity contribution in [2.75, 3.05) is 0 Å². The zero-order valence-electron chi connectivity index (χ0n) is 6.61. The fourth-order valence-corrected chi connectivity index (χ4v) is 0.709. The minimum Gasteiger partial charge on any atom is -0.423 e. The zero-order chi connectivity index (χ0) is 8.97. The molecule has 62 valence electrons. The number of esters is 1. The first-order valence-corrected chi connectivity index (χ1v) is 3.89. The highest BCUT2D eigenvalue weighted by Crippen LogP contribution is 2.08. The van der Waals surface area contributed by atoms with E-state index in [1.54, 1.807) is 31.2 Å². The molecule has 12 heavy (non-hydrogen) atoms. The van der Waals surface area contributed by atoms with E-state index in [9.17, 15) is 4.79 Å². The maximum Gasteiger partial charge on any atom is 0.350 e. The lowest BCUT2D eigenvalue weighted by molar-refractivity contribution is -0.126. The summed E-state index contributed by atoms with van der Waals surface area (Å²) in [6, 6.07) is 8.84. The summed E-state index contributed by atoms with van der Waals surface area (Å²) in [6.45, 7) is 1.54. The van der Waals surface area contributed by atoms with Gasteiger partial charge in [0, 0.05) is 0 Å². The first-order chi connectivity index (χ1) is 5.70. The summed E-state index contributed by atoms with van der Waals surface area (Å²) in [7, 11) is 0. The number of hydrogen-bond donors (Lipinski definition) is 0. The second kappa shape index (κ2) is 3.97. The van der Waals surface area contributed by atoms with Gasteiger partial charge in [0.1, 0.15) is 5.75 Å². The normalized spacial score (nSPS) is 9.08. The van der Waals surface area contributed by atoms with Crippen molar-refractivity contribution < 1.29 is 9.53 Å². The molecule has 0 fully saturated rings. The quantitative estimate of drug-likeness (QED) is 0.395. The van der Waals surface area contributed by atoms with Gasteiger partial charge in [-0.1, -0.05) is 30.4 Å². The van der Waals surface area contributed by atoms with E-state index in [4.69, 9.17) is 4.74 Å². The minimum absolute atomic E-state index is 0.235. The Morgan fingerprint density at radius 3 is 2.42 bits per heavy atom. The van der Waals surface area contributed by atoms with Gasteiger partial charge in [-0.05, 0) is 19.1 Å². The maximum absolute atomic E-state index is 10.9. The number of thiocarbonyl (C=S) groups is 1. The molecule has 0 N–H and O–H groups in total. The number of benzene rings is 1. The molecule has 1 rings (SSSR count). The SMILES string of the molecule is CC(=S)C(=O)Oc1ccccc1. The van der Waals surface area contributed by atoms with Crippen LogP contribution in [0, 0.1) is 0 Å². The molecule has 0 atom stereocenters. The lowest BCUT2D eigenvalue weighted by Gasteiger charge is -2.00. The molecule has 0 heterocycles. The van der Waals surface area contributed by atoms with E-state index in [1.165, 1.54) is 0 Å². The molecule has 0 aliphatic rings. The van der Waals surface area contributed by atoms with E-state index in [-0.39, 0.29) is 4.86 Å². The number of rotatable bonds is 2. The van der Waals surface area contributed by atoms with Crippen molar-refractivity contribution >= 4 is 23.1 Å². The fraction of sp³-hybridized carbons (Fsp3) is 0.111. The molecule has 1 aromatic rings. The van der Waals surface area contributed by atoms with Gasteiger partial charge in [-0.2, -0.15) is 0 Å². The Bertz CT molecular complexity index is 293. The fourth-order valence-electron chi connectivity index (χ4n) is 0.667. The van der Waals surface area contributed by atoms with Crippen LogP contribution in [0.15, 0.2) is 30.3 Å². The number of hydrogen-bond acceptors (Lipinski definition) is 3. The molecule has 0 amide bonds. The molecule has 3 heteroatoms. The van der Waals surface area contributed by atoms with Gasteiger partial charge in [-0.3, -0.25) is 0 Å². The van der Waals surface area contributed by atoms with Crippen molar-refractivity contribution in [3.05, 3.63) is 30.3 Å². The van der Waals surface area contributed by atoms with Crippen LogP contribution in [-0.4, -0.2) is 10.8 Å². The highest BCUT2D eigenvalue weighted by molar-refractivity contribution is 7.82. The standard InChI is InChI=1S/C9H8O2S/c1-7(12)9(10)11-8-5-3-2-4-6-8/h2-6H,1H3. The van der Waals surface area contributed by atoms with E-state index >= 15 is 0 Å². The van der Waals surface area contributed by atoms with Crippen LogP contribution in [0.3, 0.4) is 0 Å². The van der Waals surface area contributed by atoms with Gasteiger partial charge in [0.05, 0.1) is 4.86 Å². The van der Waals surface area contributed by atoms with E-state index in [1.807, 2.05) is 6.07 Å². The number of carbonyl (C=O) groups excluding carboxylic acids is 1. The summed E-state index contributed by atoms with van der Waals surface area (Å²) in [5, 5.41) is 0. The lowest BCUT2D eigenvalue weighted by Crippen LogP contribution is -2.14. The third-order valence-corrected chi connectivity index (χ3v) is 1.41. The van der Waals surface area contributed by atoms with Crippen LogP contribution in [0.5, 0.6) is 5.75 Å². The highest BCUT2D eigenvalue weighted by Gasteiger charge is 2.05. The van der Waals surface area contributed by atoms with Crippen molar-refractivity contribution in [2.24, 2.45) is 0 Å². The van der Waals surface area contributed by atoms with Crippen LogP contribution in [0.4, 0.5) is 0 Å². The van der Waals surface area contributed by atoms with Crippen LogP contribution in [0.25, 0.3) is 0 Å². The number of ether oxygens (including phenoxy) is 1. The van der Waals surface area contributed by atoms with Crippen LogP contribution in [0.1, 0.15) is 6.92 Å². The van der Waals surface area contributed by atoms with Crippen LogP contribution < -0.4 is 4.74 Å². The summed E-state index contributed by atoms with van der Waals surface area (Å²) in [6.07, 6.45) is 0. The van der Waals surface area contributed by atoms with Crippen LogP contribution in [-0.2, 0) is 4.79 Å². The lowest BCUT2D eigenvalue weighted by atomic mass is 10.3. The van der Waals surface area contributed by atoms with Gasteiger partial charge in [0.2, 0.25) is 0 Å². The molecule has 0 bridgehead atoms. The third-order valence-electron chi connectivity index (χ3n) is 1.24. The zero-order valence-corrected chi connectivity index (χ0v) is 7.43. The first-order valence-electron chi connectivity index (χ1n) is 3.48.